The molecule has 2 nitrogen and oxygen atoms in total. The van der Waals surface area contributed by atoms with Gasteiger partial charge in [0, 0.05) is 24.7 Å². The smallest absolute Gasteiger partial charge is 0.0206 e. The van der Waals surface area contributed by atoms with Gasteiger partial charge in [-0.05, 0) is 62.8 Å². The second kappa shape index (κ2) is 4.46. The van der Waals surface area contributed by atoms with E-state index in [1.54, 1.807) is 0 Å². The SMILES string of the molecule is CNC1CCN(C2C3(C)CCC(C3)C2(C)C)C(C)C1. The molecule has 1 N–H and O–H groups in total. The van der Waals surface area contributed by atoms with Crippen LogP contribution in [-0.2, 0) is 0 Å². The molecule has 0 spiro atoms. The third kappa shape index (κ3) is 1.98. The molecule has 0 aromatic heterocycles. The Balaban J connectivity index is 1.82. The molecule has 0 aromatic rings. The zero-order valence-corrected chi connectivity index (χ0v) is 13.5. The summed E-state index contributed by atoms with van der Waals surface area (Å²) in [7, 11) is 2.12. The lowest BCUT2D eigenvalue weighted by atomic mass is 9.67. The van der Waals surface area contributed by atoms with E-state index in [0.717, 1.165) is 24.0 Å². The molecule has 1 saturated heterocycles. The van der Waals surface area contributed by atoms with Crippen molar-refractivity contribution in [2.75, 3.05) is 13.6 Å². The zero-order chi connectivity index (χ0) is 13.8. The number of nitrogens with one attached hydrogen (secondary N) is 1. The first-order valence-electron chi connectivity index (χ1n) is 8.31. The Bertz CT molecular complexity index is 346. The number of hydrogen-bond donors (Lipinski definition) is 1. The van der Waals surface area contributed by atoms with Crippen LogP contribution >= 0.6 is 0 Å². The first-order chi connectivity index (χ1) is 8.88. The lowest BCUT2D eigenvalue weighted by Gasteiger charge is -2.53. The van der Waals surface area contributed by atoms with Crippen LogP contribution in [0.2, 0.25) is 0 Å². The fraction of sp³-hybridized carbons (Fsp3) is 1.00. The summed E-state index contributed by atoms with van der Waals surface area (Å²) in [4.78, 5) is 2.88. The second-order valence-corrected chi connectivity index (χ2v) is 8.41. The van der Waals surface area contributed by atoms with Crippen LogP contribution < -0.4 is 5.32 Å². The standard InChI is InChI=1S/C17H32N2/c1-12-10-14(18-5)7-9-19(12)15-16(2,3)13-6-8-17(15,4)11-13/h12-15,18H,6-11H2,1-5H3. The number of hydrogen-bond acceptors (Lipinski definition) is 2. The highest BCUT2D eigenvalue weighted by atomic mass is 15.2. The van der Waals surface area contributed by atoms with E-state index >= 15 is 0 Å². The monoisotopic (exact) mass is 264 g/mol. The molecule has 3 rings (SSSR count). The molecule has 19 heavy (non-hydrogen) atoms. The van der Waals surface area contributed by atoms with Crippen molar-refractivity contribution in [3.63, 3.8) is 0 Å². The first kappa shape index (κ1) is 13.9. The average Bonchev–Trinajstić information content (AvgIpc) is 2.82. The summed E-state index contributed by atoms with van der Waals surface area (Å²) >= 11 is 0. The third-order valence-electron chi connectivity index (χ3n) is 6.86. The van der Waals surface area contributed by atoms with Crippen molar-refractivity contribution in [1.29, 1.82) is 0 Å². The minimum Gasteiger partial charge on any atom is -0.317 e. The van der Waals surface area contributed by atoms with Crippen LogP contribution in [0.4, 0.5) is 0 Å². The van der Waals surface area contributed by atoms with E-state index in [1.165, 1.54) is 38.6 Å². The molecule has 1 heterocycles. The Morgan fingerprint density at radius 1 is 1.16 bits per heavy atom. The molecule has 2 aliphatic carbocycles. The van der Waals surface area contributed by atoms with Crippen molar-refractivity contribution in [1.82, 2.24) is 10.2 Å². The van der Waals surface area contributed by atoms with Crippen molar-refractivity contribution >= 4 is 0 Å². The number of nitrogens with zero attached hydrogens (tertiary/aromatic N) is 1. The molecule has 1 aliphatic heterocycles. The maximum Gasteiger partial charge on any atom is 0.0206 e. The minimum absolute atomic E-state index is 0.522. The summed E-state index contributed by atoms with van der Waals surface area (Å²) in [5.41, 5.74) is 1.11. The number of piperidine rings is 1. The van der Waals surface area contributed by atoms with Gasteiger partial charge in [-0.2, -0.15) is 0 Å². The van der Waals surface area contributed by atoms with Crippen LogP contribution in [-0.4, -0.2) is 36.6 Å². The van der Waals surface area contributed by atoms with Gasteiger partial charge >= 0.3 is 0 Å². The van der Waals surface area contributed by atoms with E-state index in [0.29, 0.717) is 10.8 Å². The molecule has 0 amide bonds. The van der Waals surface area contributed by atoms with Gasteiger partial charge in [0.05, 0.1) is 0 Å². The van der Waals surface area contributed by atoms with E-state index in [1.807, 2.05) is 0 Å². The maximum atomic E-state index is 3.48. The lowest BCUT2D eigenvalue weighted by Crippen LogP contribution is -2.59. The predicted octanol–water partition coefficient (Wildman–Crippen LogP) is 3.27. The molecule has 2 heteroatoms. The van der Waals surface area contributed by atoms with E-state index < -0.39 is 0 Å². The number of fused-ring (bicyclic) bond motifs is 2. The Morgan fingerprint density at radius 3 is 2.42 bits per heavy atom. The van der Waals surface area contributed by atoms with E-state index in [4.69, 9.17) is 0 Å². The van der Waals surface area contributed by atoms with Crippen molar-refractivity contribution in [2.45, 2.75) is 77.9 Å². The second-order valence-electron chi connectivity index (χ2n) is 8.41. The maximum absolute atomic E-state index is 3.48. The van der Waals surface area contributed by atoms with Crippen LogP contribution in [0.3, 0.4) is 0 Å². The summed E-state index contributed by atoms with van der Waals surface area (Å²) < 4.78 is 0. The normalized spacial score (nSPS) is 49.7. The van der Waals surface area contributed by atoms with Gasteiger partial charge < -0.3 is 5.32 Å². The summed E-state index contributed by atoms with van der Waals surface area (Å²) in [6.45, 7) is 11.4. The van der Waals surface area contributed by atoms with Gasteiger partial charge in [0.1, 0.15) is 0 Å². The van der Waals surface area contributed by atoms with Crippen molar-refractivity contribution in [3.8, 4) is 0 Å². The van der Waals surface area contributed by atoms with Gasteiger partial charge in [0.15, 0.2) is 0 Å². The van der Waals surface area contributed by atoms with E-state index in [9.17, 15) is 0 Å². The number of rotatable bonds is 2. The lowest BCUT2D eigenvalue weighted by molar-refractivity contribution is -0.0361. The van der Waals surface area contributed by atoms with Crippen molar-refractivity contribution < 1.29 is 0 Å². The Morgan fingerprint density at radius 2 is 1.89 bits per heavy atom. The van der Waals surface area contributed by atoms with Crippen LogP contribution in [0, 0.1) is 16.7 Å². The Labute approximate surface area is 119 Å². The molecular formula is C17H32N2. The first-order valence-corrected chi connectivity index (χ1v) is 8.31. The van der Waals surface area contributed by atoms with Crippen LogP contribution in [0.1, 0.15) is 59.8 Å². The molecule has 3 aliphatic rings. The third-order valence-corrected chi connectivity index (χ3v) is 6.86. The molecule has 2 saturated carbocycles. The molecule has 0 aromatic carbocycles. The van der Waals surface area contributed by atoms with Gasteiger partial charge in [0.25, 0.3) is 0 Å². The molecule has 0 radical (unpaired) electrons. The zero-order valence-electron chi connectivity index (χ0n) is 13.5. The van der Waals surface area contributed by atoms with Gasteiger partial charge in [-0.1, -0.05) is 20.8 Å². The fourth-order valence-electron chi connectivity index (χ4n) is 5.94. The Hall–Kier alpha value is -0.0800. The summed E-state index contributed by atoms with van der Waals surface area (Å²) in [6.07, 6.45) is 7.06. The summed E-state index contributed by atoms with van der Waals surface area (Å²) in [6, 6.07) is 2.29. The molecule has 5 unspecified atom stereocenters. The largest absolute Gasteiger partial charge is 0.317 e. The quantitative estimate of drug-likeness (QED) is 0.823. The molecule has 2 bridgehead atoms. The van der Waals surface area contributed by atoms with Crippen molar-refractivity contribution in [3.05, 3.63) is 0 Å². The van der Waals surface area contributed by atoms with E-state index in [2.05, 4.69) is 45.0 Å². The van der Waals surface area contributed by atoms with Crippen LogP contribution in [0.5, 0.6) is 0 Å². The number of likely N-dealkylation sites (tertiary alicyclic amines) is 1. The Kier molecular flexibility index (Phi) is 3.26. The topological polar surface area (TPSA) is 15.3 Å². The predicted molar refractivity (Wildman–Crippen MR) is 81.3 cm³/mol. The van der Waals surface area contributed by atoms with Gasteiger partial charge in [0.2, 0.25) is 0 Å². The van der Waals surface area contributed by atoms with Gasteiger partial charge in [-0.15, -0.1) is 0 Å². The van der Waals surface area contributed by atoms with Crippen LogP contribution in [0.25, 0.3) is 0 Å². The minimum atomic E-state index is 0.522. The average molecular weight is 264 g/mol. The summed E-state index contributed by atoms with van der Waals surface area (Å²) in [5, 5.41) is 3.48. The molecule has 5 atom stereocenters. The highest BCUT2D eigenvalue weighted by Crippen LogP contribution is 2.64. The highest BCUT2D eigenvalue weighted by molar-refractivity contribution is 5.13. The van der Waals surface area contributed by atoms with E-state index in [-0.39, 0.29) is 0 Å². The molecule has 3 fully saturated rings. The van der Waals surface area contributed by atoms with Gasteiger partial charge in [-0.3, -0.25) is 4.90 Å². The van der Waals surface area contributed by atoms with Gasteiger partial charge in [-0.25, -0.2) is 0 Å². The molecule has 110 valence electrons. The fourth-order valence-corrected chi connectivity index (χ4v) is 5.94. The summed E-state index contributed by atoms with van der Waals surface area (Å²) in [5.74, 6) is 0.969. The van der Waals surface area contributed by atoms with Crippen LogP contribution in [0.15, 0.2) is 0 Å². The van der Waals surface area contributed by atoms with Crippen molar-refractivity contribution in [2.24, 2.45) is 16.7 Å². The highest BCUT2D eigenvalue weighted by Gasteiger charge is 2.61. The molecular weight excluding hydrogens is 232 g/mol.